The Morgan fingerprint density at radius 2 is 2.10 bits per heavy atom. The van der Waals surface area contributed by atoms with Gasteiger partial charge in [-0.3, -0.25) is 9.69 Å². The summed E-state index contributed by atoms with van der Waals surface area (Å²) in [6.07, 6.45) is 1.16. The number of nitrogens with zero attached hydrogens (tertiary/aromatic N) is 1. The van der Waals surface area contributed by atoms with Crippen LogP contribution in [-0.4, -0.2) is 35.7 Å². The van der Waals surface area contributed by atoms with Crippen LogP contribution in [0, 0.1) is 0 Å². The van der Waals surface area contributed by atoms with Crippen LogP contribution in [0.2, 0.25) is 0 Å². The van der Waals surface area contributed by atoms with Crippen LogP contribution in [-0.2, 0) is 17.9 Å². The van der Waals surface area contributed by atoms with Crippen LogP contribution in [0.3, 0.4) is 0 Å². The van der Waals surface area contributed by atoms with E-state index in [1.54, 1.807) is 0 Å². The summed E-state index contributed by atoms with van der Waals surface area (Å²) in [7, 11) is 0. The Morgan fingerprint density at radius 3 is 2.67 bits per heavy atom. The lowest BCUT2D eigenvalue weighted by Crippen LogP contribution is -2.26. The summed E-state index contributed by atoms with van der Waals surface area (Å²) in [5.41, 5.74) is 7.82. The van der Waals surface area contributed by atoms with E-state index >= 15 is 0 Å². The van der Waals surface area contributed by atoms with Gasteiger partial charge in [-0.1, -0.05) is 19.1 Å². The molecule has 0 spiro atoms. The summed E-state index contributed by atoms with van der Waals surface area (Å²) in [5.74, 6) is 0.0665. The zero-order chi connectivity index (χ0) is 15.7. The molecule has 118 valence electrons. The first kappa shape index (κ1) is 17.5. The summed E-state index contributed by atoms with van der Waals surface area (Å²) in [6.45, 7) is 7.27. The lowest BCUT2D eigenvalue weighted by Gasteiger charge is -2.21. The van der Waals surface area contributed by atoms with Crippen LogP contribution >= 0.6 is 0 Å². The summed E-state index contributed by atoms with van der Waals surface area (Å²) in [5, 5.41) is 8.82. The summed E-state index contributed by atoms with van der Waals surface area (Å²) in [6, 6.07) is 6.03. The van der Waals surface area contributed by atoms with Gasteiger partial charge in [0.1, 0.15) is 5.75 Å². The number of hydrogen-bond donors (Lipinski definition) is 2. The number of nitrogens with two attached hydrogens (primary N) is 1. The molecule has 0 bridgehead atoms. The van der Waals surface area contributed by atoms with Crippen LogP contribution in [0.15, 0.2) is 18.2 Å². The van der Waals surface area contributed by atoms with Crippen molar-refractivity contribution >= 4 is 5.97 Å². The smallest absolute Gasteiger partial charge is 0.304 e. The molecule has 0 amide bonds. The fraction of sp³-hybridized carbons (Fsp3) is 0.562. The third kappa shape index (κ3) is 6.14. The van der Waals surface area contributed by atoms with Crippen molar-refractivity contribution in [2.24, 2.45) is 5.73 Å². The number of carboxylic acid groups (broad SMARTS) is 1. The highest BCUT2D eigenvalue weighted by Gasteiger charge is 2.10. The molecular formula is C16H26N2O3. The highest BCUT2D eigenvalue weighted by Crippen LogP contribution is 2.21. The van der Waals surface area contributed by atoms with Crippen LogP contribution in [0.5, 0.6) is 5.75 Å². The Hall–Kier alpha value is -1.59. The van der Waals surface area contributed by atoms with Crippen LogP contribution in [0.1, 0.15) is 37.8 Å². The first-order valence-electron chi connectivity index (χ1n) is 7.49. The second kappa shape index (κ2) is 9.37. The number of benzene rings is 1. The van der Waals surface area contributed by atoms with E-state index in [9.17, 15) is 4.79 Å². The van der Waals surface area contributed by atoms with Gasteiger partial charge in [0, 0.05) is 25.2 Å². The van der Waals surface area contributed by atoms with Crippen molar-refractivity contribution < 1.29 is 14.6 Å². The van der Waals surface area contributed by atoms with E-state index in [0.29, 0.717) is 19.7 Å². The molecule has 0 aliphatic heterocycles. The Kier molecular flexibility index (Phi) is 7.79. The van der Waals surface area contributed by atoms with Crippen molar-refractivity contribution in [1.82, 2.24) is 4.90 Å². The molecule has 1 aromatic rings. The molecule has 0 aliphatic carbocycles. The van der Waals surface area contributed by atoms with Crippen molar-refractivity contribution in [1.29, 1.82) is 0 Å². The van der Waals surface area contributed by atoms with Crippen molar-refractivity contribution in [3.63, 3.8) is 0 Å². The molecule has 0 unspecified atom stereocenters. The summed E-state index contributed by atoms with van der Waals surface area (Å²) >= 11 is 0. The fourth-order valence-corrected chi connectivity index (χ4v) is 2.25. The predicted octanol–water partition coefficient (Wildman–Crippen LogP) is 2.23. The molecule has 0 saturated carbocycles. The van der Waals surface area contributed by atoms with E-state index < -0.39 is 5.97 Å². The van der Waals surface area contributed by atoms with E-state index in [4.69, 9.17) is 15.6 Å². The van der Waals surface area contributed by atoms with Gasteiger partial charge in [0.2, 0.25) is 0 Å². The minimum absolute atomic E-state index is 0.166. The third-order valence-electron chi connectivity index (χ3n) is 3.24. The standard InChI is InChI=1S/C16H26N2O3/c1-3-8-18(9-7-16(19)20)12-13-5-6-14(11-17)15(10-13)21-4-2/h5-6,10H,3-4,7-9,11-12,17H2,1-2H3,(H,19,20). The number of carbonyl (C=O) groups is 1. The Balaban J connectivity index is 2.77. The molecule has 0 heterocycles. The molecule has 1 rings (SSSR count). The molecule has 3 N–H and O–H groups in total. The first-order valence-corrected chi connectivity index (χ1v) is 7.49. The Labute approximate surface area is 126 Å². The van der Waals surface area contributed by atoms with Gasteiger partial charge in [-0.25, -0.2) is 0 Å². The van der Waals surface area contributed by atoms with Gasteiger partial charge in [-0.05, 0) is 31.5 Å². The second-order valence-electron chi connectivity index (χ2n) is 5.00. The van der Waals surface area contributed by atoms with E-state index in [0.717, 1.165) is 36.4 Å². The molecule has 5 nitrogen and oxygen atoms in total. The molecule has 0 radical (unpaired) electrons. The summed E-state index contributed by atoms with van der Waals surface area (Å²) < 4.78 is 5.62. The predicted molar refractivity (Wildman–Crippen MR) is 83.3 cm³/mol. The average Bonchev–Trinajstić information content (AvgIpc) is 2.45. The van der Waals surface area contributed by atoms with Gasteiger partial charge in [-0.15, -0.1) is 0 Å². The molecular weight excluding hydrogens is 268 g/mol. The van der Waals surface area contributed by atoms with Gasteiger partial charge in [0.25, 0.3) is 0 Å². The molecule has 21 heavy (non-hydrogen) atoms. The third-order valence-corrected chi connectivity index (χ3v) is 3.24. The maximum Gasteiger partial charge on any atom is 0.304 e. The second-order valence-corrected chi connectivity index (χ2v) is 5.00. The van der Waals surface area contributed by atoms with Crippen molar-refractivity contribution in [2.45, 2.75) is 39.8 Å². The van der Waals surface area contributed by atoms with E-state index in [1.165, 1.54) is 0 Å². The minimum Gasteiger partial charge on any atom is -0.494 e. The average molecular weight is 294 g/mol. The zero-order valence-corrected chi connectivity index (χ0v) is 13.0. The van der Waals surface area contributed by atoms with Gasteiger partial charge in [0.15, 0.2) is 0 Å². The van der Waals surface area contributed by atoms with Crippen molar-refractivity contribution in [3.05, 3.63) is 29.3 Å². The molecule has 0 fully saturated rings. The SMILES string of the molecule is CCCN(CCC(=O)O)Cc1ccc(CN)c(OCC)c1. The number of aliphatic carboxylic acids is 1. The van der Waals surface area contributed by atoms with Gasteiger partial charge in [-0.2, -0.15) is 0 Å². The lowest BCUT2D eigenvalue weighted by atomic mass is 10.1. The maximum atomic E-state index is 10.7. The molecule has 0 aliphatic rings. The monoisotopic (exact) mass is 294 g/mol. The largest absolute Gasteiger partial charge is 0.494 e. The number of rotatable bonds is 10. The van der Waals surface area contributed by atoms with Gasteiger partial charge in [0.05, 0.1) is 13.0 Å². The summed E-state index contributed by atoms with van der Waals surface area (Å²) in [4.78, 5) is 12.9. The van der Waals surface area contributed by atoms with Crippen molar-refractivity contribution in [2.75, 3.05) is 19.7 Å². The Morgan fingerprint density at radius 1 is 1.33 bits per heavy atom. The lowest BCUT2D eigenvalue weighted by molar-refractivity contribution is -0.137. The normalized spacial score (nSPS) is 10.9. The highest BCUT2D eigenvalue weighted by atomic mass is 16.5. The van der Waals surface area contributed by atoms with Crippen molar-refractivity contribution in [3.8, 4) is 5.75 Å². The fourth-order valence-electron chi connectivity index (χ4n) is 2.25. The van der Waals surface area contributed by atoms with E-state index in [1.807, 2.05) is 25.1 Å². The van der Waals surface area contributed by atoms with E-state index in [-0.39, 0.29) is 6.42 Å². The van der Waals surface area contributed by atoms with Crippen LogP contribution in [0.25, 0.3) is 0 Å². The Bertz CT molecular complexity index is 449. The van der Waals surface area contributed by atoms with Gasteiger partial charge < -0.3 is 15.6 Å². The molecule has 1 aromatic carbocycles. The molecule has 0 saturated heterocycles. The zero-order valence-electron chi connectivity index (χ0n) is 13.0. The molecule has 0 atom stereocenters. The molecule has 0 aromatic heterocycles. The number of carboxylic acids is 1. The topological polar surface area (TPSA) is 75.8 Å². The minimum atomic E-state index is -0.760. The van der Waals surface area contributed by atoms with E-state index in [2.05, 4.69) is 11.8 Å². The number of hydrogen-bond acceptors (Lipinski definition) is 4. The van der Waals surface area contributed by atoms with Gasteiger partial charge >= 0.3 is 5.97 Å². The highest BCUT2D eigenvalue weighted by molar-refractivity contribution is 5.66. The first-order chi connectivity index (χ1) is 10.1. The number of ether oxygens (including phenoxy) is 1. The quantitative estimate of drug-likeness (QED) is 0.692. The maximum absolute atomic E-state index is 10.7. The molecule has 5 heteroatoms. The van der Waals surface area contributed by atoms with Crippen LogP contribution < -0.4 is 10.5 Å². The van der Waals surface area contributed by atoms with Crippen LogP contribution in [0.4, 0.5) is 0 Å².